The molecular weight excluding hydrogens is 387 g/mol. The quantitative estimate of drug-likeness (QED) is 0.506. The van der Waals surface area contributed by atoms with Crippen LogP contribution in [0.4, 0.5) is 4.39 Å². The predicted octanol–water partition coefficient (Wildman–Crippen LogP) is 2.89. The molecule has 3 aromatic rings. The van der Waals surface area contributed by atoms with E-state index in [2.05, 4.69) is 41.8 Å². The van der Waals surface area contributed by atoms with Gasteiger partial charge in [-0.2, -0.15) is 0 Å². The second-order valence-corrected chi connectivity index (χ2v) is 6.25. The molecule has 0 aliphatic heterocycles. The van der Waals surface area contributed by atoms with Crippen molar-refractivity contribution >= 4 is 27.5 Å². The zero-order valence-electron chi connectivity index (χ0n) is 13.7. The van der Waals surface area contributed by atoms with Crippen LogP contribution < -0.4 is 10.6 Å². The summed E-state index contributed by atoms with van der Waals surface area (Å²) in [7, 11) is 0. The first-order valence-corrected chi connectivity index (χ1v) is 8.71. The van der Waals surface area contributed by atoms with Gasteiger partial charge >= 0.3 is 0 Å². The van der Waals surface area contributed by atoms with Gasteiger partial charge in [-0.15, -0.1) is 10.2 Å². The molecule has 0 aliphatic rings. The van der Waals surface area contributed by atoms with Crippen LogP contribution in [0.2, 0.25) is 0 Å². The van der Waals surface area contributed by atoms with Gasteiger partial charge in [-0.25, -0.2) is 9.38 Å². The average molecular weight is 405 g/mol. The molecule has 0 atom stereocenters. The summed E-state index contributed by atoms with van der Waals surface area (Å²) in [5.41, 5.74) is 1.33. The summed E-state index contributed by atoms with van der Waals surface area (Å²) in [4.78, 5) is 4.44. The van der Waals surface area contributed by atoms with Crippen molar-refractivity contribution in [2.45, 2.75) is 20.0 Å². The molecule has 0 spiro atoms. The zero-order valence-corrected chi connectivity index (χ0v) is 15.3. The molecule has 25 heavy (non-hydrogen) atoms. The number of hydrogen-bond acceptors (Lipinski definition) is 3. The summed E-state index contributed by atoms with van der Waals surface area (Å²) in [5.74, 6) is 1.09. The van der Waals surface area contributed by atoms with E-state index < -0.39 is 0 Å². The molecule has 130 valence electrons. The van der Waals surface area contributed by atoms with E-state index >= 15 is 0 Å². The van der Waals surface area contributed by atoms with Crippen molar-refractivity contribution in [2.75, 3.05) is 6.54 Å². The summed E-state index contributed by atoms with van der Waals surface area (Å²) >= 11 is 3.25. The summed E-state index contributed by atoms with van der Waals surface area (Å²) < 4.78 is 16.5. The van der Waals surface area contributed by atoms with Crippen LogP contribution >= 0.6 is 15.9 Å². The maximum absolute atomic E-state index is 13.9. The van der Waals surface area contributed by atoms with Crippen LogP contribution in [-0.2, 0) is 13.1 Å². The molecule has 0 radical (unpaired) electrons. The van der Waals surface area contributed by atoms with E-state index in [1.54, 1.807) is 12.1 Å². The highest BCUT2D eigenvalue weighted by Crippen LogP contribution is 2.15. The SMILES string of the molecule is CCNC(=NCc1ccc(Br)cc1F)NCc1nnc2ccccn12. The van der Waals surface area contributed by atoms with Crippen LogP contribution in [0.3, 0.4) is 0 Å². The van der Waals surface area contributed by atoms with Gasteiger partial charge in [0.25, 0.3) is 0 Å². The van der Waals surface area contributed by atoms with Gasteiger partial charge in [0.15, 0.2) is 17.4 Å². The average Bonchev–Trinajstić information content (AvgIpc) is 3.02. The van der Waals surface area contributed by atoms with E-state index in [0.29, 0.717) is 29.1 Å². The zero-order chi connectivity index (χ0) is 17.6. The first kappa shape index (κ1) is 17.3. The smallest absolute Gasteiger partial charge is 0.191 e. The van der Waals surface area contributed by atoms with Crippen molar-refractivity contribution in [2.24, 2.45) is 4.99 Å². The maximum atomic E-state index is 13.9. The van der Waals surface area contributed by atoms with E-state index in [0.717, 1.165) is 11.5 Å². The highest BCUT2D eigenvalue weighted by atomic mass is 79.9. The Hall–Kier alpha value is -2.48. The predicted molar refractivity (Wildman–Crippen MR) is 98.7 cm³/mol. The Kier molecular flexibility index (Phi) is 5.60. The van der Waals surface area contributed by atoms with Gasteiger partial charge in [0, 0.05) is 22.8 Å². The number of guanidine groups is 1. The lowest BCUT2D eigenvalue weighted by Gasteiger charge is -2.11. The fourth-order valence-corrected chi connectivity index (χ4v) is 2.66. The van der Waals surface area contributed by atoms with Gasteiger partial charge in [0.2, 0.25) is 0 Å². The molecule has 8 heteroatoms. The van der Waals surface area contributed by atoms with Crippen molar-refractivity contribution in [3.05, 3.63) is 64.3 Å². The molecule has 3 rings (SSSR count). The monoisotopic (exact) mass is 404 g/mol. The highest BCUT2D eigenvalue weighted by molar-refractivity contribution is 9.10. The Balaban J connectivity index is 1.70. The third-order valence-corrected chi connectivity index (χ3v) is 4.06. The van der Waals surface area contributed by atoms with Gasteiger partial charge in [-0.1, -0.05) is 28.1 Å². The van der Waals surface area contributed by atoms with E-state index in [4.69, 9.17) is 0 Å². The number of fused-ring (bicyclic) bond motifs is 1. The van der Waals surface area contributed by atoms with Crippen LogP contribution in [0.5, 0.6) is 0 Å². The van der Waals surface area contributed by atoms with Crippen LogP contribution in [0, 0.1) is 5.82 Å². The molecule has 0 unspecified atom stereocenters. The number of nitrogens with one attached hydrogen (secondary N) is 2. The van der Waals surface area contributed by atoms with Crippen molar-refractivity contribution in [3.8, 4) is 0 Å². The van der Waals surface area contributed by atoms with Gasteiger partial charge in [-0.05, 0) is 31.2 Å². The number of aliphatic imine (C=N–C) groups is 1. The van der Waals surface area contributed by atoms with Crippen LogP contribution in [0.25, 0.3) is 5.65 Å². The molecule has 1 aromatic carbocycles. The minimum atomic E-state index is -0.280. The lowest BCUT2D eigenvalue weighted by Crippen LogP contribution is -2.37. The number of hydrogen-bond donors (Lipinski definition) is 2. The highest BCUT2D eigenvalue weighted by Gasteiger charge is 2.07. The van der Waals surface area contributed by atoms with Crippen LogP contribution in [0.1, 0.15) is 18.3 Å². The minimum Gasteiger partial charge on any atom is -0.357 e. The lowest BCUT2D eigenvalue weighted by molar-refractivity contribution is 0.609. The normalized spacial score (nSPS) is 11.7. The van der Waals surface area contributed by atoms with Crippen molar-refractivity contribution in [3.63, 3.8) is 0 Å². The molecule has 0 aliphatic carbocycles. The number of nitrogens with zero attached hydrogens (tertiary/aromatic N) is 4. The van der Waals surface area contributed by atoms with Gasteiger partial charge < -0.3 is 10.6 Å². The summed E-state index contributed by atoms with van der Waals surface area (Å²) in [6.45, 7) is 3.38. The van der Waals surface area contributed by atoms with E-state index in [1.165, 1.54) is 6.07 Å². The number of halogens is 2. The first-order valence-electron chi connectivity index (χ1n) is 7.92. The number of pyridine rings is 1. The Bertz CT molecular complexity index is 892. The summed E-state index contributed by atoms with van der Waals surface area (Å²) in [5, 5.41) is 14.6. The molecule has 0 saturated carbocycles. The Labute approximate surface area is 153 Å². The lowest BCUT2D eigenvalue weighted by atomic mass is 10.2. The minimum absolute atomic E-state index is 0.245. The van der Waals surface area contributed by atoms with E-state index in [-0.39, 0.29) is 12.4 Å². The van der Waals surface area contributed by atoms with Gasteiger partial charge in [0.05, 0.1) is 13.1 Å². The number of aromatic nitrogens is 3. The number of benzene rings is 1. The first-order chi connectivity index (χ1) is 12.2. The molecule has 0 fully saturated rings. The Morgan fingerprint density at radius 2 is 2.12 bits per heavy atom. The fourth-order valence-electron chi connectivity index (χ4n) is 2.33. The van der Waals surface area contributed by atoms with Crippen LogP contribution in [0.15, 0.2) is 52.1 Å². The van der Waals surface area contributed by atoms with Gasteiger partial charge in [-0.3, -0.25) is 4.40 Å². The molecule has 2 heterocycles. The second kappa shape index (κ2) is 8.06. The molecule has 0 bridgehead atoms. The van der Waals surface area contributed by atoms with Gasteiger partial charge in [0.1, 0.15) is 5.82 Å². The molecule has 2 aromatic heterocycles. The summed E-state index contributed by atoms with van der Waals surface area (Å²) in [6.07, 6.45) is 1.91. The van der Waals surface area contributed by atoms with Crippen molar-refractivity contribution in [1.82, 2.24) is 25.2 Å². The largest absolute Gasteiger partial charge is 0.357 e. The summed E-state index contributed by atoms with van der Waals surface area (Å²) in [6, 6.07) is 10.7. The van der Waals surface area contributed by atoms with E-state index in [9.17, 15) is 4.39 Å². The van der Waals surface area contributed by atoms with Crippen molar-refractivity contribution in [1.29, 1.82) is 0 Å². The number of rotatable bonds is 5. The molecular formula is C17H18BrFN6. The Morgan fingerprint density at radius 3 is 2.92 bits per heavy atom. The third-order valence-electron chi connectivity index (χ3n) is 3.57. The molecule has 6 nitrogen and oxygen atoms in total. The fraction of sp³-hybridized carbons (Fsp3) is 0.235. The second-order valence-electron chi connectivity index (χ2n) is 5.33. The molecule has 0 saturated heterocycles. The topological polar surface area (TPSA) is 66.6 Å². The van der Waals surface area contributed by atoms with E-state index in [1.807, 2.05) is 35.7 Å². The standard InChI is InChI=1S/C17H18BrFN6/c1-2-20-17(21-10-12-6-7-13(18)9-14(12)19)22-11-16-24-23-15-5-3-4-8-25(15)16/h3-9H,2,10-11H2,1H3,(H2,20,21,22). The Morgan fingerprint density at radius 1 is 1.24 bits per heavy atom. The van der Waals surface area contributed by atoms with Crippen LogP contribution in [-0.4, -0.2) is 27.1 Å². The maximum Gasteiger partial charge on any atom is 0.191 e. The molecule has 2 N–H and O–H groups in total. The molecule has 0 amide bonds. The van der Waals surface area contributed by atoms with Crippen molar-refractivity contribution < 1.29 is 4.39 Å². The third kappa shape index (κ3) is 4.33.